The minimum absolute atomic E-state index is 0.451. The number of hydrogen-bond acceptors (Lipinski definition) is 2. The number of imidazole rings is 1. The Balaban J connectivity index is 1.83. The standard InChI is InChI=1S/C16H29N5/c1-3-16(7-5-6-8-16)13-20-15(18-4-2)19-10-12-21-11-9-17-14-21/h9,11,14H,3-8,10,12-13H2,1-2H3,(H2,18,19,20). The van der Waals surface area contributed by atoms with Crippen molar-refractivity contribution in [3.05, 3.63) is 18.7 Å². The van der Waals surface area contributed by atoms with Crippen molar-refractivity contribution in [3.63, 3.8) is 0 Å². The van der Waals surface area contributed by atoms with Crippen LogP contribution in [-0.4, -0.2) is 35.1 Å². The molecule has 0 spiro atoms. The highest BCUT2D eigenvalue weighted by molar-refractivity contribution is 5.79. The third kappa shape index (κ3) is 4.76. The summed E-state index contributed by atoms with van der Waals surface area (Å²) in [6, 6.07) is 0. The van der Waals surface area contributed by atoms with Gasteiger partial charge in [0.2, 0.25) is 0 Å². The average molecular weight is 291 g/mol. The van der Waals surface area contributed by atoms with Gasteiger partial charge in [-0.1, -0.05) is 19.8 Å². The maximum absolute atomic E-state index is 4.83. The lowest BCUT2D eigenvalue weighted by molar-refractivity contribution is 0.297. The molecule has 2 N–H and O–H groups in total. The second-order valence-electron chi connectivity index (χ2n) is 5.98. The lowest BCUT2D eigenvalue weighted by atomic mass is 9.84. The van der Waals surface area contributed by atoms with E-state index in [-0.39, 0.29) is 0 Å². The highest BCUT2D eigenvalue weighted by Crippen LogP contribution is 2.41. The Kier molecular flexibility index (Phi) is 6.08. The molecule has 5 nitrogen and oxygen atoms in total. The first-order chi connectivity index (χ1) is 10.3. The van der Waals surface area contributed by atoms with Gasteiger partial charge in [-0.2, -0.15) is 0 Å². The van der Waals surface area contributed by atoms with Gasteiger partial charge in [-0.05, 0) is 31.6 Å². The Labute approximate surface area is 128 Å². The summed E-state index contributed by atoms with van der Waals surface area (Å²) in [6.07, 6.45) is 12.3. The van der Waals surface area contributed by atoms with Crippen LogP contribution in [0.25, 0.3) is 0 Å². The van der Waals surface area contributed by atoms with Crippen LogP contribution in [0.2, 0.25) is 0 Å². The number of hydrogen-bond donors (Lipinski definition) is 2. The summed E-state index contributed by atoms with van der Waals surface area (Å²) in [5.74, 6) is 0.942. The molecule has 1 saturated carbocycles. The van der Waals surface area contributed by atoms with E-state index < -0.39 is 0 Å². The fourth-order valence-electron chi connectivity index (χ4n) is 3.06. The number of aromatic nitrogens is 2. The summed E-state index contributed by atoms with van der Waals surface area (Å²) in [7, 11) is 0. The van der Waals surface area contributed by atoms with E-state index in [1.165, 1.54) is 32.1 Å². The average Bonchev–Trinajstić information content (AvgIpc) is 3.17. The van der Waals surface area contributed by atoms with E-state index in [4.69, 9.17) is 4.99 Å². The molecule has 0 atom stereocenters. The molecule has 21 heavy (non-hydrogen) atoms. The molecule has 1 aliphatic rings. The van der Waals surface area contributed by atoms with Crippen molar-refractivity contribution in [1.29, 1.82) is 0 Å². The molecule has 118 valence electrons. The van der Waals surface area contributed by atoms with Crippen LogP contribution in [0.3, 0.4) is 0 Å². The lowest BCUT2D eigenvalue weighted by Gasteiger charge is -2.25. The van der Waals surface area contributed by atoms with E-state index in [1.807, 2.05) is 18.7 Å². The Morgan fingerprint density at radius 1 is 1.29 bits per heavy atom. The highest BCUT2D eigenvalue weighted by Gasteiger charge is 2.31. The van der Waals surface area contributed by atoms with Gasteiger partial charge < -0.3 is 15.2 Å². The van der Waals surface area contributed by atoms with Crippen molar-refractivity contribution in [2.45, 2.75) is 52.5 Å². The first-order valence-electron chi connectivity index (χ1n) is 8.26. The Hall–Kier alpha value is -1.52. The molecule has 0 saturated heterocycles. The van der Waals surface area contributed by atoms with Gasteiger partial charge in [0.1, 0.15) is 0 Å². The molecule has 0 amide bonds. The van der Waals surface area contributed by atoms with Crippen LogP contribution in [-0.2, 0) is 6.54 Å². The molecule has 0 radical (unpaired) electrons. The van der Waals surface area contributed by atoms with Gasteiger partial charge in [0.05, 0.1) is 6.33 Å². The van der Waals surface area contributed by atoms with Gasteiger partial charge in [-0.3, -0.25) is 4.99 Å². The SMILES string of the molecule is CCNC(=NCC1(CC)CCCC1)NCCn1ccnc1. The highest BCUT2D eigenvalue weighted by atomic mass is 15.2. The second kappa shape index (κ2) is 8.05. The van der Waals surface area contributed by atoms with Crippen LogP contribution in [0.4, 0.5) is 0 Å². The van der Waals surface area contributed by atoms with Crippen LogP contribution >= 0.6 is 0 Å². The first kappa shape index (κ1) is 15.9. The van der Waals surface area contributed by atoms with Crippen molar-refractivity contribution in [2.24, 2.45) is 10.4 Å². The molecule has 0 aromatic carbocycles. The first-order valence-corrected chi connectivity index (χ1v) is 8.26. The molecule has 1 fully saturated rings. The van der Waals surface area contributed by atoms with E-state index in [1.54, 1.807) is 0 Å². The Morgan fingerprint density at radius 3 is 2.71 bits per heavy atom. The van der Waals surface area contributed by atoms with Crippen LogP contribution in [0.15, 0.2) is 23.7 Å². The van der Waals surface area contributed by atoms with Crippen molar-refractivity contribution in [2.75, 3.05) is 19.6 Å². The number of nitrogens with one attached hydrogen (secondary N) is 2. The van der Waals surface area contributed by atoms with Gasteiger partial charge in [0, 0.05) is 38.6 Å². The molecule has 1 heterocycles. The predicted molar refractivity (Wildman–Crippen MR) is 87.4 cm³/mol. The summed E-state index contributed by atoms with van der Waals surface area (Å²) < 4.78 is 2.07. The molecule has 2 rings (SSSR count). The fraction of sp³-hybridized carbons (Fsp3) is 0.750. The minimum atomic E-state index is 0.451. The normalized spacial score (nSPS) is 17.9. The third-order valence-corrected chi connectivity index (χ3v) is 4.55. The molecule has 0 bridgehead atoms. The number of nitrogens with zero attached hydrogens (tertiary/aromatic N) is 3. The maximum atomic E-state index is 4.83. The Morgan fingerprint density at radius 2 is 2.10 bits per heavy atom. The topological polar surface area (TPSA) is 54.2 Å². The molecule has 5 heteroatoms. The maximum Gasteiger partial charge on any atom is 0.191 e. The smallest absolute Gasteiger partial charge is 0.191 e. The molecule has 0 aliphatic heterocycles. The van der Waals surface area contributed by atoms with Crippen molar-refractivity contribution in [1.82, 2.24) is 20.2 Å². The molecular weight excluding hydrogens is 262 g/mol. The van der Waals surface area contributed by atoms with Crippen molar-refractivity contribution in [3.8, 4) is 0 Å². The summed E-state index contributed by atoms with van der Waals surface area (Å²) in [4.78, 5) is 8.88. The van der Waals surface area contributed by atoms with Crippen LogP contribution in [0.5, 0.6) is 0 Å². The zero-order valence-electron chi connectivity index (χ0n) is 13.4. The lowest BCUT2D eigenvalue weighted by Crippen LogP contribution is -2.39. The number of rotatable bonds is 7. The zero-order valence-corrected chi connectivity index (χ0v) is 13.4. The van der Waals surface area contributed by atoms with Crippen LogP contribution < -0.4 is 10.6 Å². The van der Waals surface area contributed by atoms with Gasteiger partial charge >= 0.3 is 0 Å². The van der Waals surface area contributed by atoms with Crippen molar-refractivity contribution >= 4 is 5.96 Å². The second-order valence-corrected chi connectivity index (χ2v) is 5.98. The van der Waals surface area contributed by atoms with Crippen LogP contribution in [0.1, 0.15) is 46.0 Å². The van der Waals surface area contributed by atoms with Gasteiger partial charge in [0.15, 0.2) is 5.96 Å². The quantitative estimate of drug-likeness (QED) is 0.599. The monoisotopic (exact) mass is 291 g/mol. The predicted octanol–water partition coefficient (Wildman–Crippen LogP) is 2.41. The minimum Gasteiger partial charge on any atom is -0.357 e. The summed E-state index contributed by atoms with van der Waals surface area (Å²) in [5, 5.41) is 6.76. The molecule has 0 unspecified atom stereocenters. The van der Waals surface area contributed by atoms with Gasteiger partial charge in [-0.15, -0.1) is 0 Å². The summed E-state index contributed by atoms with van der Waals surface area (Å²) in [5.41, 5.74) is 0.451. The van der Waals surface area contributed by atoms with E-state index >= 15 is 0 Å². The largest absolute Gasteiger partial charge is 0.357 e. The van der Waals surface area contributed by atoms with Crippen molar-refractivity contribution < 1.29 is 0 Å². The number of aliphatic imine (C=N–C) groups is 1. The van der Waals surface area contributed by atoms with Crippen LogP contribution in [0, 0.1) is 5.41 Å². The summed E-state index contributed by atoms with van der Waals surface area (Å²) >= 11 is 0. The third-order valence-electron chi connectivity index (χ3n) is 4.55. The van der Waals surface area contributed by atoms with Gasteiger partial charge in [0.25, 0.3) is 0 Å². The van der Waals surface area contributed by atoms with E-state index in [9.17, 15) is 0 Å². The zero-order chi connectivity index (χ0) is 15.0. The van der Waals surface area contributed by atoms with E-state index in [0.717, 1.165) is 32.1 Å². The molecular formula is C16H29N5. The van der Waals surface area contributed by atoms with E-state index in [2.05, 4.69) is 34.0 Å². The Bertz CT molecular complexity index is 418. The molecule has 1 aromatic heterocycles. The molecule has 1 aliphatic carbocycles. The molecule has 1 aromatic rings. The number of guanidine groups is 1. The fourth-order valence-corrected chi connectivity index (χ4v) is 3.06. The van der Waals surface area contributed by atoms with E-state index in [0.29, 0.717) is 5.41 Å². The summed E-state index contributed by atoms with van der Waals surface area (Å²) in [6.45, 7) is 8.03. The van der Waals surface area contributed by atoms with Gasteiger partial charge in [-0.25, -0.2) is 4.98 Å².